The zero-order valence-electron chi connectivity index (χ0n) is 22.0. The number of carbonyl (C=O) groups is 3. The number of anilines is 2. The van der Waals surface area contributed by atoms with Gasteiger partial charge in [-0.05, 0) is 80.1 Å². The van der Waals surface area contributed by atoms with Crippen molar-refractivity contribution in [2.24, 2.45) is 0 Å². The molecule has 0 aliphatic carbocycles. The summed E-state index contributed by atoms with van der Waals surface area (Å²) in [5.74, 6) is -1.75. The normalized spacial score (nSPS) is 16.6. The molecule has 0 bridgehead atoms. The molecular formula is C30H30N2O6. The number of amides is 1. The van der Waals surface area contributed by atoms with Gasteiger partial charge in [-0.15, -0.1) is 0 Å². The highest BCUT2D eigenvalue weighted by atomic mass is 16.5. The highest BCUT2D eigenvalue weighted by Crippen LogP contribution is 2.42. The van der Waals surface area contributed by atoms with Crippen molar-refractivity contribution in [2.75, 3.05) is 31.0 Å². The predicted molar refractivity (Wildman–Crippen MR) is 146 cm³/mol. The molecular weight excluding hydrogens is 484 g/mol. The fraction of sp³-hybridized carbons (Fsp3) is 0.233. The van der Waals surface area contributed by atoms with Crippen LogP contribution in [0.15, 0.2) is 78.4 Å². The Labute approximate surface area is 221 Å². The molecule has 0 radical (unpaired) electrons. The molecule has 0 saturated carbocycles. The van der Waals surface area contributed by atoms with Gasteiger partial charge in [-0.3, -0.25) is 14.5 Å². The van der Waals surface area contributed by atoms with E-state index in [1.165, 1.54) is 24.1 Å². The van der Waals surface area contributed by atoms with Crippen molar-refractivity contribution in [3.8, 4) is 5.75 Å². The van der Waals surface area contributed by atoms with Crippen LogP contribution in [0, 0.1) is 0 Å². The lowest BCUT2D eigenvalue weighted by Crippen LogP contribution is -2.29. The number of aliphatic hydroxyl groups excluding tert-OH is 1. The van der Waals surface area contributed by atoms with Gasteiger partial charge in [0.25, 0.3) is 11.7 Å². The van der Waals surface area contributed by atoms with Gasteiger partial charge in [-0.2, -0.15) is 0 Å². The number of nitrogens with zero attached hydrogens (tertiary/aromatic N) is 2. The van der Waals surface area contributed by atoms with Gasteiger partial charge in [-0.1, -0.05) is 12.1 Å². The van der Waals surface area contributed by atoms with Crippen molar-refractivity contribution in [2.45, 2.75) is 26.0 Å². The largest absolute Gasteiger partial charge is 0.507 e. The number of hydrogen-bond acceptors (Lipinski definition) is 7. The summed E-state index contributed by atoms with van der Waals surface area (Å²) in [5, 5.41) is 11.3. The minimum Gasteiger partial charge on any atom is -0.507 e. The number of hydrogen-bond donors (Lipinski definition) is 1. The highest BCUT2D eigenvalue weighted by Gasteiger charge is 2.47. The molecule has 196 valence electrons. The monoisotopic (exact) mass is 514 g/mol. The molecule has 1 unspecified atom stereocenters. The van der Waals surface area contributed by atoms with E-state index >= 15 is 0 Å². The molecule has 1 fully saturated rings. The van der Waals surface area contributed by atoms with Crippen LogP contribution in [-0.2, 0) is 14.3 Å². The fourth-order valence-corrected chi connectivity index (χ4v) is 4.36. The number of aliphatic hydroxyl groups is 1. The lowest BCUT2D eigenvalue weighted by Gasteiger charge is -2.26. The average Bonchev–Trinajstić information content (AvgIpc) is 3.18. The summed E-state index contributed by atoms with van der Waals surface area (Å²) in [7, 11) is 5.11. The Hall–Kier alpha value is -4.59. The Morgan fingerprint density at radius 1 is 0.895 bits per heavy atom. The zero-order valence-corrected chi connectivity index (χ0v) is 22.0. The van der Waals surface area contributed by atoms with E-state index in [0.29, 0.717) is 28.1 Å². The van der Waals surface area contributed by atoms with Crippen LogP contribution >= 0.6 is 0 Å². The topological polar surface area (TPSA) is 96.4 Å². The summed E-state index contributed by atoms with van der Waals surface area (Å²) in [4.78, 5) is 41.9. The quantitative estimate of drug-likeness (QED) is 0.206. The summed E-state index contributed by atoms with van der Waals surface area (Å²) in [6, 6.07) is 19.5. The molecule has 0 aromatic heterocycles. The third-order valence-electron chi connectivity index (χ3n) is 6.24. The molecule has 3 aromatic carbocycles. The van der Waals surface area contributed by atoms with Gasteiger partial charge in [0, 0.05) is 31.0 Å². The molecule has 1 atom stereocenters. The Kier molecular flexibility index (Phi) is 7.52. The van der Waals surface area contributed by atoms with Crippen LogP contribution in [0.4, 0.5) is 11.4 Å². The summed E-state index contributed by atoms with van der Waals surface area (Å²) in [6.45, 7) is 3.82. The smallest absolute Gasteiger partial charge is 0.337 e. The molecule has 1 saturated heterocycles. The van der Waals surface area contributed by atoms with Gasteiger partial charge in [0.1, 0.15) is 11.5 Å². The number of methoxy groups -OCH3 is 1. The first-order valence-corrected chi connectivity index (χ1v) is 12.2. The second kappa shape index (κ2) is 10.8. The second-order valence-corrected chi connectivity index (χ2v) is 9.38. The van der Waals surface area contributed by atoms with Crippen LogP contribution < -0.4 is 14.5 Å². The summed E-state index contributed by atoms with van der Waals surface area (Å²) >= 11 is 0. The Morgan fingerprint density at radius 2 is 1.47 bits per heavy atom. The molecule has 0 spiro atoms. The van der Waals surface area contributed by atoms with Gasteiger partial charge in [0.15, 0.2) is 0 Å². The van der Waals surface area contributed by atoms with Crippen LogP contribution in [0.1, 0.15) is 41.4 Å². The first-order chi connectivity index (χ1) is 18.1. The van der Waals surface area contributed by atoms with Gasteiger partial charge in [-0.25, -0.2) is 4.79 Å². The fourth-order valence-electron chi connectivity index (χ4n) is 4.36. The van der Waals surface area contributed by atoms with Gasteiger partial charge < -0.3 is 19.5 Å². The van der Waals surface area contributed by atoms with Crippen LogP contribution in [0.25, 0.3) is 5.76 Å². The number of Topliss-reactive ketones (excluding diaryl/α,β-unsaturated/α-hetero) is 1. The van der Waals surface area contributed by atoms with Crippen molar-refractivity contribution in [3.63, 3.8) is 0 Å². The maximum absolute atomic E-state index is 13.4. The molecule has 1 amide bonds. The average molecular weight is 515 g/mol. The molecule has 1 heterocycles. The van der Waals surface area contributed by atoms with Crippen molar-refractivity contribution in [1.29, 1.82) is 0 Å². The van der Waals surface area contributed by atoms with Crippen LogP contribution in [0.5, 0.6) is 5.75 Å². The van der Waals surface area contributed by atoms with E-state index < -0.39 is 23.7 Å². The summed E-state index contributed by atoms with van der Waals surface area (Å²) in [6.07, 6.45) is -0.0181. The Bertz CT molecular complexity index is 1370. The first-order valence-electron chi connectivity index (χ1n) is 12.2. The van der Waals surface area contributed by atoms with E-state index in [1.807, 2.05) is 57.1 Å². The van der Waals surface area contributed by atoms with Crippen molar-refractivity contribution < 1.29 is 29.0 Å². The van der Waals surface area contributed by atoms with Crippen molar-refractivity contribution in [1.82, 2.24) is 0 Å². The minimum absolute atomic E-state index is 0.0181. The standard InChI is InChI=1S/C30H30N2O6/c1-18(2)38-24-16-10-20(11-17-24)27(33)25-26(19-6-12-22(13-7-19)31(3)4)32(29(35)28(25)34)23-14-8-21(9-15-23)30(36)37-5/h6-18,26,33H,1-5H3/b27-25+. The number of ketones is 1. The first kappa shape index (κ1) is 26.5. The molecule has 8 heteroatoms. The number of rotatable bonds is 7. The highest BCUT2D eigenvalue weighted by molar-refractivity contribution is 6.51. The van der Waals surface area contributed by atoms with Crippen molar-refractivity contribution >= 4 is 34.8 Å². The van der Waals surface area contributed by atoms with Crippen LogP contribution in [0.3, 0.4) is 0 Å². The van der Waals surface area contributed by atoms with E-state index in [2.05, 4.69) is 0 Å². The predicted octanol–water partition coefficient (Wildman–Crippen LogP) is 4.95. The van der Waals surface area contributed by atoms with E-state index in [0.717, 1.165) is 5.69 Å². The lowest BCUT2D eigenvalue weighted by atomic mass is 9.94. The van der Waals surface area contributed by atoms with Crippen LogP contribution in [0.2, 0.25) is 0 Å². The SMILES string of the molecule is COC(=O)c1ccc(N2C(=O)C(=O)/C(=C(/O)c3ccc(OC(C)C)cc3)C2c2ccc(N(C)C)cc2)cc1. The number of esters is 1. The van der Waals surface area contributed by atoms with Crippen LogP contribution in [-0.4, -0.2) is 50.1 Å². The Morgan fingerprint density at radius 3 is 2.00 bits per heavy atom. The van der Waals surface area contributed by atoms with Gasteiger partial charge in [0.05, 0.1) is 30.4 Å². The second-order valence-electron chi connectivity index (χ2n) is 9.38. The van der Waals surface area contributed by atoms with E-state index in [-0.39, 0.29) is 17.4 Å². The molecule has 8 nitrogen and oxygen atoms in total. The van der Waals surface area contributed by atoms with Gasteiger partial charge >= 0.3 is 5.97 Å². The number of carbonyl (C=O) groups excluding carboxylic acids is 3. The number of benzene rings is 3. The molecule has 4 rings (SSSR count). The van der Waals surface area contributed by atoms with E-state index in [1.54, 1.807) is 36.4 Å². The lowest BCUT2D eigenvalue weighted by molar-refractivity contribution is -0.132. The maximum Gasteiger partial charge on any atom is 0.337 e. The summed E-state index contributed by atoms with van der Waals surface area (Å²) < 4.78 is 10.4. The third-order valence-corrected chi connectivity index (χ3v) is 6.24. The summed E-state index contributed by atoms with van der Waals surface area (Å²) in [5.41, 5.74) is 2.66. The molecule has 1 N–H and O–H groups in total. The molecule has 38 heavy (non-hydrogen) atoms. The number of ether oxygens (including phenoxy) is 2. The third kappa shape index (κ3) is 5.11. The molecule has 1 aliphatic heterocycles. The van der Waals surface area contributed by atoms with E-state index in [9.17, 15) is 19.5 Å². The molecule has 1 aliphatic rings. The van der Waals surface area contributed by atoms with Crippen molar-refractivity contribution in [3.05, 3.63) is 95.1 Å². The maximum atomic E-state index is 13.4. The van der Waals surface area contributed by atoms with Gasteiger partial charge in [0.2, 0.25) is 0 Å². The minimum atomic E-state index is -0.887. The van der Waals surface area contributed by atoms with E-state index in [4.69, 9.17) is 9.47 Å². The molecule has 3 aromatic rings. The zero-order chi connectivity index (χ0) is 27.6. The Balaban J connectivity index is 1.84.